The zero-order valence-electron chi connectivity index (χ0n) is 11.1. The smallest absolute Gasteiger partial charge is 0.241 e. The molecule has 1 aliphatic heterocycles. The number of hydrogen-bond donors (Lipinski definition) is 0. The Kier molecular flexibility index (Phi) is 3.88. The van der Waals surface area contributed by atoms with Gasteiger partial charge in [0.15, 0.2) is 0 Å². The molecule has 1 unspecified atom stereocenters. The number of alkyl halides is 1. The first-order chi connectivity index (χ1) is 9.75. The van der Waals surface area contributed by atoms with E-state index in [4.69, 9.17) is 0 Å². The van der Waals surface area contributed by atoms with Crippen molar-refractivity contribution in [2.24, 2.45) is 0 Å². The van der Waals surface area contributed by atoms with Gasteiger partial charge >= 0.3 is 0 Å². The first-order valence-electron chi connectivity index (χ1n) is 6.80. The van der Waals surface area contributed by atoms with Crippen molar-refractivity contribution in [3.05, 3.63) is 71.3 Å². The van der Waals surface area contributed by atoms with E-state index in [0.717, 1.165) is 18.5 Å². The molecule has 20 heavy (non-hydrogen) atoms. The summed E-state index contributed by atoms with van der Waals surface area (Å²) in [5.41, 5.74) is 3.64. The highest BCUT2D eigenvalue weighted by Gasteiger charge is 2.26. The molecule has 0 saturated heterocycles. The largest absolute Gasteiger partial charge is 0.337 e. The van der Waals surface area contributed by atoms with E-state index < -0.39 is 0 Å². The van der Waals surface area contributed by atoms with Gasteiger partial charge in [-0.1, -0.05) is 70.5 Å². The summed E-state index contributed by atoms with van der Waals surface area (Å²) in [6, 6.07) is 18.2. The summed E-state index contributed by atoms with van der Waals surface area (Å²) in [5, 5.41) is 0. The molecule has 0 spiro atoms. The fourth-order valence-corrected chi connectivity index (χ4v) is 3.20. The number of nitrogens with zero attached hydrogens (tertiary/aromatic N) is 1. The molecular weight excluding hydrogens is 314 g/mol. The number of halogens is 1. The van der Waals surface area contributed by atoms with E-state index in [1.165, 1.54) is 11.1 Å². The lowest BCUT2D eigenvalue weighted by Gasteiger charge is -2.30. The third-order valence-electron chi connectivity index (χ3n) is 3.75. The molecule has 0 bridgehead atoms. The van der Waals surface area contributed by atoms with Gasteiger partial charge in [-0.15, -0.1) is 0 Å². The van der Waals surface area contributed by atoms with Crippen LogP contribution in [-0.4, -0.2) is 17.4 Å². The Morgan fingerprint density at radius 2 is 1.65 bits per heavy atom. The van der Waals surface area contributed by atoms with E-state index in [-0.39, 0.29) is 10.7 Å². The molecule has 0 fully saturated rings. The van der Waals surface area contributed by atoms with Crippen LogP contribution in [0.5, 0.6) is 0 Å². The number of fused-ring (bicyclic) bond motifs is 1. The molecule has 102 valence electrons. The molecule has 2 nitrogen and oxygen atoms in total. The maximum Gasteiger partial charge on any atom is 0.241 e. The number of rotatable bonds is 2. The van der Waals surface area contributed by atoms with Crippen LogP contribution in [0.1, 0.15) is 21.5 Å². The molecule has 2 aromatic rings. The number of carbonyl (C=O) groups is 1. The fourth-order valence-electron chi connectivity index (χ4n) is 2.61. The van der Waals surface area contributed by atoms with Gasteiger partial charge in [-0.25, -0.2) is 0 Å². The molecule has 1 aliphatic rings. The zero-order valence-corrected chi connectivity index (χ0v) is 12.7. The second-order valence-corrected chi connectivity index (χ2v) is 5.97. The van der Waals surface area contributed by atoms with E-state index >= 15 is 0 Å². The van der Waals surface area contributed by atoms with Gasteiger partial charge in [0.05, 0.1) is 0 Å². The van der Waals surface area contributed by atoms with Crippen molar-refractivity contribution in [2.75, 3.05) is 6.54 Å². The number of benzene rings is 2. The van der Waals surface area contributed by atoms with E-state index in [1.54, 1.807) is 0 Å². The summed E-state index contributed by atoms with van der Waals surface area (Å²) < 4.78 is 0. The minimum absolute atomic E-state index is 0.144. The molecule has 3 heteroatoms. The summed E-state index contributed by atoms with van der Waals surface area (Å²) >= 11 is 3.54. The van der Waals surface area contributed by atoms with Gasteiger partial charge in [-0.3, -0.25) is 4.79 Å². The molecule has 0 aromatic heterocycles. The molecule has 0 aliphatic carbocycles. The second-order valence-electron chi connectivity index (χ2n) is 5.05. The normalized spacial score (nSPS) is 15.6. The van der Waals surface area contributed by atoms with Crippen LogP contribution in [0.15, 0.2) is 54.6 Å². The molecule has 0 saturated carbocycles. The Balaban J connectivity index is 1.76. The minimum Gasteiger partial charge on any atom is -0.337 e. The van der Waals surface area contributed by atoms with Crippen LogP contribution in [0.4, 0.5) is 0 Å². The second kappa shape index (κ2) is 5.80. The molecule has 0 N–H and O–H groups in total. The third kappa shape index (κ3) is 2.63. The van der Waals surface area contributed by atoms with Gasteiger partial charge in [-0.05, 0) is 23.1 Å². The van der Waals surface area contributed by atoms with Gasteiger partial charge in [-0.2, -0.15) is 0 Å². The highest BCUT2D eigenvalue weighted by Crippen LogP contribution is 2.28. The first kappa shape index (κ1) is 13.4. The number of hydrogen-bond acceptors (Lipinski definition) is 1. The Bertz CT molecular complexity index is 611. The van der Waals surface area contributed by atoms with Gasteiger partial charge in [0, 0.05) is 13.1 Å². The van der Waals surface area contributed by atoms with Gasteiger partial charge in [0.2, 0.25) is 5.91 Å². The molecule has 1 atom stereocenters. The van der Waals surface area contributed by atoms with Crippen LogP contribution in [0.3, 0.4) is 0 Å². The molecule has 3 rings (SSSR count). The monoisotopic (exact) mass is 329 g/mol. The van der Waals surface area contributed by atoms with Crippen molar-refractivity contribution in [1.29, 1.82) is 0 Å². The Morgan fingerprint density at radius 1 is 1.00 bits per heavy atom. The first-order valence-corrected chi connectivity index (χ1v) is 7.72. The molecule has 0 radical (unpaired) electrons. The summed E-state index contributed by atoms with van der Waals surface area (Å²) in [6.07, 6.45) is 0.941. The van der Waals surface area contributed by atoms with Crippen molar-refractivity contribution in [3.63, 3.8) is 0 Å². The van der Waals surface area contributed by atoms with E-state index in [0.29, 0.717) is 6.54 Å². The van der Waals surface area contributed by atoms with Crippen molar-refractivity contribution >= 4 is 21.8 Å². The lowest BCUT2D eigenvalue weighted by Crippen LogP contribution is -2.37. The predicted molar refractivity (Wildman–Crippen MR) is 83.7 cm³/mol. The van der Waals surface area contributed by atoms with E-state index in [2.05, 4.69) is 34.1 Å². The predicted octanol–water partition coefficient (Wildman–Crippen LogP) is 3.71. The molecule has 1 amide bonds. The topological polar surface area (TPSA) is 20.3 Å². The SMILES string of the molecule is O=C(C(Br)c1ccccc1)N1CCc2ccccc2C1. The van der Waals surface area contributed by atoms with Crippen molar-refractivity contribution in [2.45, 2.75) is 17.8 Å². The molecular formula is C17H16BrNO. The Hall–Kier alpha value is -1.61. The molecule has 1 heterocycles. The van der Waals surface area contributed by atoms with Gasteiger partial charge in [0.25, 0.3) is 0 Å². The van der Waals surface area contributed by atoms with Crippen LogP contribution >= 0.6 is 15.9 Å². The van der Waals surface area contributed by atoms with Crippen LogP contribution in [0, 0.1) is 0 Å². The summed E-state index contributed by atoms with van der Waals surface area (Å²) in [6.45, 7) is 1.51. The Labute approximate surface area is 127 Å². The zero-order chi connectivity index (χ0) is 13.9. The fraction of sp³-hybridized carbons (Fsp3) is 0.235. The number of carbonyl (C=O) groups excluding carboxylic acids is 1. The third-order valence-corrected chi connectivity index (χ3v) is 4.67. The summed E-state index contributed by atoms with van der Waals surface area (Å²) in [5.74, 6) is 0.144. The van der Waals surface area contributed by atoms with Crippen LogP contribution in [0.2, 0.25) is 0 Å². The lowest BCUT2D eigenvalue weighted by molar-refractivity contribution is -0.131. The van der Waals surface area contributed by atoms with Crippen LogP contribution in [-0.2, 0) is 17.8 Å². The number of amides is 1. The van der Waals surface area contributed by atoms with Crippen LogP contribution in [0.25, 0.3) is 0 Å². The average Bonchev–Trinajstić information content (AvgIpc) is 2.54. The van der Waals surface area contributed by atoms with E-state index in [9.17, 15) is 4.79 Å². The summed E-state index contributed by atoms with van der Waals surface area (Å²) in [4.78, 5) is 14.3. The average molecular weight is 330 g/mol. The van der Waals surface area contributed by atoms with Crippen molar-refractivity contribution in [1.82, 2.24) is 4.90 Å². The lowest BCUT2D eigenvalue weighted by atomic mass is 9.99. The van der Waals surface area contributed by atoms with E-state index in [1.807, 2.05) is 41.3 Å². The van der Waals surface area contributed by atoms with Gasteiger partial charge in [0.1, 0.15) is 4.83 Å². The summed E-state index contributed by atoms with van der Waals surface area (Å²) in [7, 11) is 0. The standard InChI is InChI=1S/C17H16BrNO/c18-16(14-7-2-1-3-8-14)17(20)19-11-10-13-6-4-5-9-15(13)12-19/h1-9,16H,10-12H2. The Morgan fingerprint density at radius 3 is 2.40 bits per heavy atom. The van der Waals surface area contributed by atoms with Crippen LogP contribution < -0.4 is 0 Å². The highest BCUT2D eigenvalue weighted by atomic mass is 79.9. The minimum atomic E-state index is -0.256. The quantitative estimate of drug-likeness (QED) is 0.769. The van der Waals surface area contributed by atoms with Crippen molar-refractivity contribution in [3.8, 4) is 0 Å². The maximum atomic E-state index is 12.6. The maximum absolute atomic E-state index is 12.6. The highest BCUT2D eigenvalue weighted by molar-refractivity contribution is 9.09. The molecule has 2 aromatic carbocycles. The van der Waals surface area contributed by atoms with Gasteiger partial charge < -0.3 is 4.90 Å². The van der Waals surface area contributed by atoms with Crippen molar-refractivity contribution < 1.29 is 4.79 Å².